The number of aryl methyl sites for hydroxylation is 1. The maximum Gasteiger partial charge on any atom is 1.00 e. The number of H-pyrrole nitrogens is 1. The third kappa shape index (κ3) is 6.25. The van der Waals surface area contributed by atoms with Gasteiger partial charge in [0.05, 0.1) is 12.4 Å². The van der Waals surface area contributed by atoms with Crippen molar-refractivity contribution in [3.05, 3.63) is 53.8 Å². The van der Waals surface area contributed by atoms with E-state index in [1.807, 2.05) is 26.8 Å². The first-order valence-electron chi connectivity index (χ1n) is 7.34. The molecule has 1 aromatic carbocycles. The minimum atomic E-state index is 0. The molecule has 0 amide bonds. The molecular weight excluding hydrogens is 305 g/mol. The summed E-state index contributed by atoms with van der Waals surface area (Å²) in [6.07, 6.45) is 0.838. The van der Waals surface area contributed by atoms with E-state index in [1.165, 1.54) is 0 Å². The Morgan fingerprint density at radius 2 is 1.95 bits per heavy atom. The van der Waals surface area contributed by atoms with Gasteiger partial charge in [0.1, 0.15) is 0 Å². The molecule has 2 aromatic rings. The van der Waals surface area contributed by atoms with Gasteiger partial charge in [0.2, 0.25) is 0 Å². The minimum Gasteiger partial charge on any atom is -0.375 e. The molecule has 0 atom stereocenters. The fraction of sp³-hybridized carbons (Fsp3) is 0.353. The molecule has 3 N–H and O–H groups in total. The molecule has 0 saturated carbocycles. The van der Waals surface area contributed by atoms with E-state index in [-0.39, 0.29) is 29.6 Å². The normalized spacial score (nSPS) is 9.50. The Kier molecular flexibility index (Phi) is 10.7. The molecule has 0 aliphatic rings. The number of hydrogen-bond donors (Lipinski definition) is 3. The number of aromatic nitrogens is 1. The van der Waals surface area contributed by atoms with Gasteiger partial charge in [0.15, 0.2) is 0 Å². The molecule has 1 heterocycles. The van der Waals surface area contributed by atoms with E-state index in [1.54, 1.807) is 0 Å². The molecule has 0 aliphatic carbocycles. The summed E-state index contributed by atoms with van der Waals surface area (Å²) in [5.41, 5.74) is 3.29. The maximum atomic E-state index is 6.12. The van der Waals surface area contributed by atoms with E-state index in [0.29, 0.717) is 6.54 Å². The van der Waals surface area contributed by atoms with Crippen molar-refractivity contribution in [2.45, 2.75) is 33.7 Å². The van der Waals surface area contributed by atoms with Crippen molar-refractivity contribution < 1.29 is 29.6 Å². The average molecular weight is 330 g/mol. The summed E-state index contributed by atoms with van der Waals surface area (Å²) < 4.78 is 0. The molecule has 0 radical (unpaired) electrons. The predicted molar refractivity (Wildman–Crippen MR) is 93.4 cm³/mol. The van der Waals surface area contributed by atoms with Crippen LogP contribution in [0.15, 0.2) is 30.6 Å². The van der Waals surface area contributed by atoms with Gasteiger partial charge in [0, 0.05) is 21.6 Å². The Hall–Kier alpha value is -0.610. The molecule has 0 aliphatic heterocycles. The predicted octanol–water partition coefficient (Wildman–Crippen LogP) is 1.53. The largest absolute Gasteiger partial charge is 1.00 e. The summed E-state index contributed by atoms with van der Waals surface area (Å²) in [5.74, 6) is 0.816. The van der Waals surface area contributed by atoms with Gasteiger partial charge in [-0.2, -0.15) is 6.42 Å². The van der Waals surface area contributed by atoms with Gasteiger partial charge in [-0.05, 0) is 37.2 Å². The maximum absolute atomic E-state index is 6.12. The topological polar surface area (TPSA) is 39.8 Å². The number of nitrogens with one attached hydrogen (secondary N) is 3. The molecule has 5 heteroatoms. The number of benzene rings is 1. The van der Waals surface area contributed by atoms with Gasteiger partial charge < -0.3 is 22.5 Å². The number of hydrogen-bond acceptors (Lipinski definition) is 2. The second-order valence-electron chi connectivity index (χ2n) is 4.60. The fourth-order valence-electron chi connectivity index (χ4n) is 1.92. The Bertz CT molecular complexity index is 554. The van der Waals surface area contributed by atoms with Crippen LogP contribution in [-0.2, 0) is 6.54 Å². The van der Waals surface area contributed by atoms with Crippen LogP contribution in [0.4, 0.5) is 0 Å². The molecule has 0 saturated heterocycles. The zero-order valence-electron chi connectivity index (χ0n) is 14.1. The van der Waals surface area contributed by atoms with Crippen LogP contribution in [0.5, 0.6) is 0 Å². The molecule has 22 heavy (non-hydrogen) atoms. The SMILES string of the molecule is C=C(NCC[CH2-])NCc1cc2cc(Cl)c(C)cc2[nH]1.CC.[Na+]. The van der Waals surface area contributed by atoms with E-state index in [2.05, 4.69) is 41.3 Å². The Labute approximate surface area is 161 Å². The van der Waals surface area contributed by atoms with E-state index in [4.69, 9.17) is 11.6 Å². The van der Waals surface area contributed by atoms with Gasteiger partial charge in [0.25, 0.3) is 0 Å². The Morgan fingerprint density at radius 3 is 2.59 bits per heavy atom. The van der Waals surface area contributed by atoms with Crippen LogP contribution in [-0.4, -0.2) is 11.5 Å². The van der Waals surface area contributed by atoms with Crippen molar-refractivity contribution in [2.24, 2.45) is 0 Å². The van der Waals surface area contributed by atoms with E-state index in [9.17, 15) is 0 Å². The second-order valence-corrected chi connectivity index (χ2v) is 5.00. The molecule has 2 rings (SSSR count). The number of halogens is 1. The summed E-state index contributed by atoms with van der Waals surface area (Å²) in [5, 5.41) is 8.30. The van der Waals surface area contributed by atoms with Crippen molar-refractivity contribution in [1.82, 2.24) is 15.6 Å². The second kappa shape index (κ2) is 11.0. The van der Waals surface area contributed by atoms with Gasteiger partial charge in [-0.1, -0.05) is 32.0 Å². The summed E-state index contributed by atoms with van der Waals surface area (Å²) >= 11 is 6.12. The van der Waals surface area contributed by atoms with Crippen LogP contribution in [0, 0.1) is 13.8 Å². The van der Waals surface area contributed by atoms with Gasteiger partial charge >= 0.3 is 29.6 Å². The molecule has 0 spiro atoms. The van der Waals surface area contributed by atoms with Crippen LogP contribution in [0.2, 0.25) is 5.02 Å². The first-order chi connectivity index (χ1) is 10.1. The van der Waals surface area contributed by atoms with Crippen molar-refractivity contribution in [2.75, 3.05) is 6.54 Å². The van der Waals surface area contributed by atoms with Crippen molar-refractivity contribution >= 4 is 22.5 Å². The van der Waals surface area contributed by atoms with E-state index in [0.717, 1.165) is 46.0 Å². The van der Waals surface area contributed by atoms with Crippen LogP contribution in [0.1, 0.15) is 31.5 Å². The van der Waals surface area contributed by atoms with Crippen LogP contribution in [0.25, 0.3) is 10.9 Å². The monoisotopic (exact) mass is 329 g/mol. The number of rotatable bonds is 6. The summed E-state index contributed by atoms with van der Waals surface area (Å²) in [6, 6.07) is 6.15. The molecule has 0 unspecified atom stereocenters. The molecular formula is C17H25ClN3Na. The third-order valence-corrected chi connectivity index (χ3v) is 3.37. The fourth-order valence-corrected chi connectivity index (χ4v) is 2.09. The first-order valence-corrected chi connectivity index (χ1v) is 7.71. The standard InChI is InChI=1S/C15H19ClN3.C2H6.Na/c1-4-5-17-11(3)18-9-13-7-12-8-14(16)10(2)6-15(12)19-13;1-2;/h6-8,17-19H,1,3-5,9H2,2H3;1-2H3;/q-1;;+1. The van der Waals surface area contributed by atoms with Gasteiger partial charge in [-0.3, -0.25) is 0 Å². The van der Waals surface area contributed by atoms with Crippen LogP contribution >= 0.6 is 11.6 Å². The smallest absolute Gasteiger partial charge is 0.375 e. The first kappa shape index (κ1) is 21.4. The molecule has 1 aromatic heterocycles. The summed E-state index contributed by atoms with van der Waals surface area (Å²) in [7, 11) is 0. The van der Waals surface area contributed by atoms with Gasteiger partial charge in [-0.25, -0.2) is 0 Å². The summed E-state index contributed by atoms with van der Waals surface area (Å²) in [4.78, 5) is 3.37. The Balaban J connectivity index is 0.00000141. The van der Waals surface area contributed by atoms with Crippen LogP contribution < -0.4 is 40.2 Å². The summed E-state index contributed by atoms with van der Waals surface area (Å²) in [6.45, 7) is 15.2. The quantitative estimate of drug-likeness (QED) is 0.556. The van der Waals surface area contributed by atoms with E-state index >= 15 is 0 Å². The van der Waals surface area contributed by atoms with Crippen molar-refractivity contribution in [3.63, 3.8) is 0 Å². The zero-order valence-corrected chi connectivity index (χ0v) is 16.9. The Morgan fingerprint density at radius 1 is 1.27 bits per heavy atom. The molecule has 0 fully saturated rings. The average Bonchev–Trinajstić information content (AvgIpc) is 2.87. The molecule has 0 bridgehead atoms. The van der Waals surface area contributed by atoms with E-state index < -0.39 is 0 Å². The van der Waals surface area contributed by atoms with Crippen molar-refractivity contribution in [3.8, 4) is 0 Å². The third-order valence-electron chi connectivity index (χ3n) is 2.96. The molecule has 3 nitrogen and oxygen atoms in total. The van der Waals surface area contributed by atoms with Crippen LogP contribution in [0.3, 0.4) is 0 Å². The number of aromatic amines is 1. The van der Waals surface area contributed by atoms with Gasteiger partial charge in [-0.15, -0.1) is 0 Å². The zero-order chi connectivity index (χ0) is 15.8. The minimum absolute atomic E-state index is 0. The van der Waals surface area contributed by atoms with Crippen molar-refractivity contribution in [1.29, 1.82) is 0 Å². The number of fused-ring (bicyclic) bond motifs is 1. The molecule has 116 valence electrons.